The van der Waals surface area contributed by atoms with Gasteiger partial charge in [0.2, 0.25) is 11.8 Å². The molecule has 2 fully saturated rings. The van der Waals surface area contributed by atoms with Crippen LogP contribution in [0.2, 0.25) is 0 Å². The summed E-state index contributed by atoms with van der Waals surface area (Å²) in [5.74, 6) is -2.27. The maximum atomic E-state index is 12.2. The van der Waals surface area contributed by atoms with Gasteiger partial charge in [0.05, 0.1) is 24.6 Å². The van der Waals surface area contributed by atoms with Gasteiger partial charge in [0.1, 0.15) is 5.70 Å². The number of fused-ring (bicyclic) bond motifs is 1. The minimum Gasteiger partial charge on any atom is -0.477 e. The molecule has 3 rings (SSSR count). The molecule has 0 radical (unpaired) electrons. The third-order valence-corrected chi connectivity index (χ3v) is 6.43. The highest BCUT2D eigenvalue weighted by Crippen LogP contribution is 2.51. The number of hydrogen-bond donors (Lipinski definition) is 3. The number of carbonyl (C=O) groups is 3. The zero-order valence-corrected chi connectivity index (χ0v) is 14.3. The number of likely N-dealkylation sites (tertiary alicyclic amines) is 1. The summed E-state index contributed by atoms with van der Waals surface area (Å²) in [5, 5.41) is 19.4. The van der Waals surface area contributed by atoms with Crippen LogP contribution in [-0.2, 0) is 14.4 Å². The van der Waals surface area contributed by atoms with E-state index in [9.17, 15) is 24.6 Å². The first-order chi connectivity index (χ1) is 11.3. The first-order valence-electron chi connectivity index (χ1n) is 7.91. The average Bonchev–Trinajstić information content (AvgIpc) is 2.70. The highest BCUT2D eigenvalue weighted by molar-refractivity contribution is 8.03. The number of carboxylic acids is 1. The van der Waals surface area contributed by atoms with Crippen LogP contribution in [0, 0.1) is 11.8 Å². The van der Waals surface area contributed by atoms with E-state index in [0.717, 1.165) is 0 Å². The monoisotopic (exact) mass is 355 g/mol. The molecule has 0 spiro atoms. The molecule has 0 aromatic heterocycles. The number of carbonyl (C=O) groups excluding carboxylic acids is 2. The number of nitrogens with zero attached hydrogens (tertiary/aromatic N) is 2. The van der Waals surface area contributed by atoms with E-state index >= 15 is 0 Å². The fourth-order valence-electron chi connectivity index (χ4n) is 3.70. The summed E-state index contributed by atoms with van der Waals surface area (Å²) >= 11 is 1.42. The number of nitrogens with two attached hydrogens (primary N) is 1. The summed E-state index contributed by atoms with van der Waals surface area (Å²) < 4.78 is 0. The lowest BCUT2D eigenvalue weighted by Crippen LogP contribution is -2.63. The Morgan fingerprint density at radius 3 is 2.54 bits per heavy atom. The van der Waals surface area contributed by atoms with E-state index in [0.29, 0.717) is 18.0 Å². The Hall–Kier alpha value is -1.58. The molecule has 2 amide bonds. The normalized spacial score (nSPS) is 30.8. The molecule has 0 aliphatic carbocycles. The molecular weight excluding hydrogens is 334 g/mol. The van der Waals surface area contributed by atoms with Gasteiger partial charge in [0, 0.05) is 29.2 Å². The third kappa shape index (κ3) is 2.42. The van der Waals surface area contributed by atoms with Crippen LogP contribution in [0.5, 0.6) is 0 Å². The molecule has 0 aromatic rings. The van der Waals surface area contributed by atoms with Gasteiger partial charge in [-0.15, -0.1) is 11.8 Å². The molecule has 2 saturated heterocycles. The zero-order chi connectivity index (χ0) is 17.8. The van der Waals surface area contributed by atoms with Crippen molar-refractivity contribution in [3.8, 4) is 0 Å². The van der Waals surface area contributed by atoms with Crippen molar-refractivity contribution in [2.24, 2.45) is 17.6 Å². The van der Waals surface area contributed by atoms with Crippen molar-refractivity contribution in [2.45, 2.75) is 31.2 Å². The Labute approximate surface area is 143 Å². The van der Waals surface area contributed by atoms with Crippen LogP contribution >= 0.6 is 11.8 Å². The number of thioether (sulfide) groups is 1. The molecule has 24 heavy (non-hydrogen) atoms. The zero-order valence-electron chi connectivity index (χ0n) is 13.5. The van der Waals surface area contributed by atoms with Crippen LogP contribution in [-0.4, -0.2) is 74.8 Å². The number of rotatable bonds is 5. The Morgan fingerprint density at radius 2 is 2.04 bits per heavy atom. The fourth-order valence-corrected chi connectivity index (χ4v) is 5.22. The predicted molar refractivity (Wildman–Crippen MR) is 86.6 cm³/mol. The molecule has 3 unspecified atom stereocenters. The van der Waals surface area contributed by atoms with E-state index in [2.05, 4.69) is 0 Å². The SMILES string of the molecule is CC(O)C1C(=O)N2C(C(=O)O)=C(SC3CN(C(=O)CN)C3)C(C)[C@H]12. The molecule has 4 atom stereocenters. The summed E-state index contributed by atoms with van der Waals surface area (Å²) in [6.07, 6.45) is -0.804. The number of aliphatic hydroxyl groups is 1. The van der Waals surface area contributed by atoms with Gasteiger partial charge < -0.3 is 25.7 Å². The highest BCUT2D eigenvalue weighted by atomic mass is 32.2. The second kappa shape index (κ2) is 6.05. The Bertz CT molecular complexity index is 629. The van der Waals surface area contributed by atoms with Crippen LogP contribution in [0.15, 0.2) is 10.6 Å². The maximum Gasteiger partial charge on any atom is 0.353 e. The molecule has 0 aromatic carbocycles. The lowest BCUT2D eigenvalue weighted by molar-refractivity contribution is -0.163. The molecule has 9 heteroatoms. The number of aliphatic carboxylic acids is 1. The lowest BCUT2D eigenvalue weighted by Gasteiger charge is -2.46. The van der Waals surface area contributed by atoms with E-state index in [1.54, 1.807) is 11.8 Å². The van der Waals surface area contributed by atoms with Crippen molar-refractivity contribution in [2.75, 3.05) is 19.6 Å². The van der Waals surface area contributed by atoms with E-state index in [1.165, 1.54) is 16.7 Å². The van der Waals surface area contributed by atoms with Gasteiger partial charge in [-0.2, -0.15) is 0 Å². The van der Waals surface area contributed by atoms with E-state index in [4.69, 9.17) is 5.73 Å². The number of β-lactam (4-membered cyclic amide) rings is 1. The molecule has 132 valence electrons. The van der Waals surface area contributed by atoms with Gasteiger partial charge in [-0.05, 0) is 6.92 Å². The second-order valence-corrected chi connectivity index (χ2v) is 7.86. The summed E-state index contributed by atoms with van der Waals surface area (Å²) in [4.78, 5) is 39.0. The van der Waals surface area contributed by atoms with Crippen LogP contribution in [0.3, 0.4) is 0 Å². The van der Waals surface area contributed by atoms with Gasteiger partial charge >= 0.3 is 5.97 Å². The minimum atomic E-state index is -1.13. The number of aliphatic hydroxyl groups excluding tert-OH is 1. The molecule has 8 nitrogen and oxygen atoms in total. The third-order valence-electron chi connectivity index (χ3n) is 4.98. The quantitative estimate of drug-likeness (QED) is 0.543. The lowest BCUT2D eigenvalue weighted by atomic mass is 9.79. The van der Waals surface area contributed by atoms with Gasteiger partial charge in [-0.25, -0.2) is 4.79 Å². The van der Waals surface area contributed by atoms with Gasteiger partial charge in [-0.1, -0.05) is 6.92 Å². The average molecular weight is 355 g/mol. The van der Waals surface area contributed by atoms with Crippen LogP contribution in [0.4, 0.5) is 0 Å². The fraction of sp³-hybridized carbons (Fsp3) is 0.667. The van der Waals surface area contributed by atoms with Gasteiger partial charge in [-0.3, -0.25) is 9.59 Å². The summed E-state index contributed by atoms with van der Waals surface area (Å²) in [7, 11) is 0. The molecule has 0 bridgehead atoms. The molecule has 3 aliphatic heterocycles. The number of amides is 2. The van der Waals surface area contributed by atoms with Gasteiger partial charge in [0.15, 0.2) is 0 Å². The summed E-state index contributed by atoms with van der Waals surface area (Å²) in [6, 6.07) is -0.298. The van der Waals surface area contributed by atoms with E-state index in [1.807, 2.05) is 6.92 Å². The van der Waals surface area contributed by atoms with E-state index in [-0.39, 0.29) is 41.3 Å². The van der Waals surface area contributed by atoms with Gasteiger partial charge in [0.25, 0.3) is 0 Å². The molecule has 3 heterocycles. The summed E-state index contributed by atoms with van der Waals surface area (Å²) in [6.45, 7) is 4.47. The summed E-state index contributed by atoms with van der Waals surface area (Å²) in [5.41, 5.74) is 5.36. The van der Waals surface area contributed by atoms with Crippen molar-refractivity contribution in [3.05, 3.63) is 10.6 Å². The highest BCUT2D eigenvalue weighted by Gasteiger charge is 2.60. The van der Waals surface area contributed by atoms with Crippen molar-refractivity contribution in [1.82, 2.24) is 9.80 Å². The van der Waals surface area contributed by atoms with Crippen LogP contribution in [0.1, 0.15) is 13.8 Å². The Kier molecular flexibility index (Phi) is 4.35. The van der Waals surface area contributed by atoms with Crippen LogP contribution < -0.4 is 5.73 Å². The molecule has 3 aliphatic rings. The molecule has 0 saturated carbocycles. The van der Waals surface area contributed by atoms with Crippen LogP contribution in [0.25, 0.3) is 0 Å². The topological polar surface area (TPSA) is 124 Å². The second-order valence-electron chi connectivity index (χ2n) is 6.51. The first kappa shape index (κ1) is 17.2. The Morgan fingerprint density at radius 1 is 1.42 bits per heavy atom. The maximum absolute atomic E-state index is 12.2. The van der Waals surface area contributed by atoms with Crippen molar-refractivity contribution < 1.29 is 24.6 Å². The smallest absolute Gasteiger partial charge is 0.353 e. The largest absolute Gasteiger partial charge is 0.477 e. The van der Waals surface area contributed by atoms with Crippen molar-refractivity contribution >= 4 is 29.5 Å². The predicted octanol–water partition coefficient (Wildman–Crippen LogP) is -0.957. The first-order valence-corrected chi connectivity index (χ1v) is 8.79. The van der Waals surface area contributed by atoms with E-state index < -0.39 is 18.0 Å². The number of hydrogen-bond acceptors (Lipinski definition) is 6. The molecular formula is C15H21N3O5S. The minimum absolute atomic E-state index is 0.0305. The van der Waals surface area contributed by atoms with Crippen molar-refractivity contribution in [3.63, 3.8) is 0 Å². The molecule has 4 N–H and O–H groups in total. The standard InChI is InChI=1S/C15H21N3O5S/c1-6-11-10(7(2)19)14(21)18(11)12(15(22)23)13(6)24-8-4-17(5-8)9(20)3-16/h6-8,10-11,19H,3-5,16H2,1-2H3,(H,22,23)/t6?,7?,10?,11-/m1/s1. The number of carboxylic acid groups (broad SMARTS) is 1. The van der Waals surface area contributed by atoms with Crippen molar-refractivity contribution in [1.29, 1.82) is 0 Å². The Balaban J connectivity index is 1.76.